The van der Waals surface area contributed by atoms with E-state index in [4.69, 9.17) is 9.47 Å². The van der Waals surface area contributed by atoms with Crippen molar-refractivity contribution in [1.82, 2.24) is 4.57 Å². The highest BCUT2D eigenvalue weighted by molar-refractivity contribution is 6.98. The molecule has 2 aliphatic heterocycles. The zero-order chi connectivity index (χ0) is 25.4. The highest BCUT2D eigenvalue weighted by Crippen LogP contribution is 2.40. The van der Waals surface area contributed by atoms with Crippen LogP contribution in [0.15, 0.2) is 109 Å². The summed E-state index contributed by atoms with van der Waals surface area (Å²) in [6.07, 6.45) is 0. The second-order valence-corrected chi connectivity index (χ2v) is 10.0. The lowest BCUT2D eigenvalue weighted by atomic mass is 9.35. The van der Waals surface area contributed by atoms with Crippen molar-refractivity contribution >= 4 is 34.1 Å². The summed E-state index contributed by atoms with van der Waals surface area (Å²) in [5.74, 6) is 4.58. The molecule has 0 radical (unpaired) electrons. The fourth-order valence-electron chi connectivity index (χ4n) is 6.25. The number of rotatable bonds is 2. The van der Waals surface area contributed by atoms with Crippen molar-refractivity contribution in [1.29, 1.82) is 0 Å². The van der Waals surface area contributed by atoms with Crippen LogP contribution in [0.25, 0.3) is 22.4 Å². The van der Waals surface area contributed by atoms with E-state index in [0.29, 0.717) is 0 Å². The number of hydrogen-bond donors (Lipinski definition) is 0. The van der Waals surface area contributed by atoms with Crippen LogP contribution in [-0.2, 0) is 0 Å². The van der Waals surface area contributed by atoms with Crippen molar-refractivity contribution < 1.29 is 14.0 Å². The molecule has 0 aliphatic carbocycles. The van der Waals surface area contributed by atoms with Gasteiger partial charge in [0.15, 0.2) is 11.3 Å². The SMILES string of the molecule is Cc1ccccc1-[n+]1c(C)n(-c2ccccc2)c2cc3c4c(c21)Oc1ccccc1B4c1ccccc1O3. The minimum Gasteiger partial charge on any atom is -0.458 e. The van der Waals surface area contributed by atoms with Crippen LogP contribution in [0.1, 0.15) is 11.4 Å². The normalized spacial score (nSPS) is 12.8. The Labute approximate surface area is 221 Å². The summed E-state index contributed by atoms with van der Waals surface area (Å²) in [5.41, 5.74) is 8.94. The number of aryl methyl sites for hydroxylation is 1. The Balaban J connectivity index is 1.55. The summed E-state index contributed by atoms with van der Waals surface area (Å²) < 4.78 is 18.1. The lowest BCUT2D eigenvalue weighted by Gasteiger charge is -2.32. The van der Waals surface area contributed by atoms with Crippen LogP contribution in [-0.4, -0.2) is 11.3 Å². The zero-order valence-corrected chi connectivity index (χ0v) is 21.2. The first-order valence-electron chi connectivity index (χ1n) is 13.0. The Bertz CT molecular complexity index is 1900. The lowest BCUT2D eigenvalue weighted by Crippen LogP contribution is -2.57. The summed E-state index contributed by atoms with van der Waals surface area (Å²) in [4.78, 5) is 0. The average Bonchev–Trinajstić information content (AvgIpc) is 3.25. The zero-order valence-electron chi connectivity index (χ0n) is 21.2. The van der Waals surface area contributed by atoms with Gasteiger partial charge in [0.1, 0.15) is 28.6 Å². The Morgan fingerprint density at radius 3 is 2.03 bits per heavy atom. The van der Waals surface area contributed by atoms with Crippen molar-refractivity contribution in [3.8, 4) is 34.4 Å². The summed E-state index contributed by atoms with van der Waals surface area (Å²) in [5, 5.41) is 0. The maximum absolute atomic E-state index is 6.84. The average molecular weight is 491 g/mol. The molecule has 0 N–H and O–H groups in total. The highest BCUT2D eigenvalue weighted by Gasteiger charge is 2.44. The van der Waals surface area contributed by atoms with Crippen LogP contribution >= 0.6 is 0 Å². The molecule has 0 unspecified atom stereocenters. The van der Waals surface area contributed by atoms with E-state index in [1.165, 1.54) is 5.56 Å². The molecule has 8 rings (SSSR count). The topological polar surface area (TPSA) is 27.3 Å². The van der Waals surface area contributed by atoms with Crippen LogP contribution in [0.4, 0.5) is 0 Å². The molecule has 0 saturated heterocycles. The number of hydrogen-bond acceptors (Lipinski definition) is 2. The molecule has 4 nitrogen and oxygen atoms in total. The van der Waals surface area contributed by atoms with E-state index >= 15 is 0 Å². The van der Waals surface area contributed by atoms with Gasteiger partial charge in [0, 0.05) is 18.5 Å². The van der Waals surface area contributed by atoms with Crippen molar-refractivity contribution in [3.05, 3.63) is 121 Å². The number of imidazole rings is 1. The number of nitrogens with zero attached hydrogens (tertiary/aromatic N) is 2. The molecular weight excluding hydrogens is 467 g/mol. The smallest absolute Gasteiger partial charge is 0.264 e. The predicted octanol–water partition coefficient (Wildman–Crippen LogP) is 5.25. The summed E-state index contributed by atoms with van der Waals surface area (Å²) >= 11 is 0. The minimum absolute atomic E-state index is 0.0324. The first kappa shape index (κ1) is 21.3. The largest absolute Gasteiger partial charge is 0.458 e. The molecule has 0 saturated carbocycles. The van der Waals surface area contributed by atoms with Crippen LogP contribution in [0.5, 0.6) is 23.0 Å². The first-order chi connectivity index (χ1) is 18.7. The Morgan fingerprint density at radius 2 is 1.29 bits per heavy atom. The molecule has 180 valence electrons. The maximum Gasteiger partial charge on any atom is 0.264 e. The van der Waals surface area contributed by atoms with Crippen LogP contribution in [0.3, 0.4) is 0 Å². The minimum atomic E-state index is 0.0324. The van der Waals surface area contributed by atoms with Crippen molar-refractivity contribution in [3.63, 3.8) is 0 Å². The second-order valence-electron chi connectivity index (χ2n) is 10.0. The number of aromatic nitrogens is 2. The molecule has 6 aromatic rings. The van der Waals surface area contributed by atoms with E-state index in [2.05, 4.69) is 120 Å². The third kappa shape index (κ3) is 2.84. The summed E-state index contributed by atoms with van der Waals surface area (Å²) in [6, 6.07) is 38.0. The third-order valence-electron chi connectivity index (χ3n) is 7.90. The van der Waals surface area contributed by atoms with E-state index in [0.717, 1.165) is 67.6 Å². The number of benzene rings is 5. The standard InChI is InChI=1S/C33H24BN2O2/c1-21-12-6-9-17-26(21)36-22(2)35(23-13-4-3-5-14-23)27-20-30-31-33(32(27)36)38-29-19-11-8-16-25(29)34(31)24-15-7-10-18-28(24)37-30/h3-20H,1-2H3/q+1. The summed E-state index contributed by atoms with van der Waals surface area (Å²) in [7, 11) is 0. The van der Waals surface area contributed by atoms with Gasteiger partial charge in [-0.2, -0.15) is 9.13 Å². The van der Waals surface area contributed by atoms with Gasteiger partial charge in [-0.25, -0.2) is 0 Å². The van der Waals surface area contributed by atoms with Crippen molar-refractivity contribution in [2.45, 2.75) is 13.8 Å². The summed E-state index contributed by atoms with van der Waals surface area (Å²) in [6.45, 7) is 4.37. The van der Waals surface area contributed by atoms with Gasteiger partial charge >= 0.3 is 0 Å². The molecule has 0 atom stereocenters. The molecule has 5 heteroatoms. The molecule has 3 heterocycles. The quantitative estimate of drug-likeness (QED) is 0.244. The third-order valence-corrected chi connectivity index (χ3v) is 7.90. The number of fused-ring (bicyclic) bond motifs is 6. The van der Waals surface area contributed by atoms with Crippen LogP contribution < -0.4 is 30.4 Å². The number of para-hydroxylation sites is 4. The second kappa shape index (κ2) is 7.86. The fourth-order valence-corrected chi connectivity index (χ4v) is 6.25. The van der Waals surface area contributed by atoms with Gasteiger partial charge < -0.3 is 9.47 Å². The molecule has 0 bridgehead atoms. The van der Waals surface area contributed by atoms with E-state index < -0.39 is 0 Å². The van der Waals surface area contributed by atoms with Crippen LogP contribution in [0, 0.1) is 13.8 Å². The number of ether oxygens (including phenoxy) is 2. The Morgan fingerprint density at radius 1 is 0.658 bits per heavy atom. The van der Waals surface area contributed by atoms with Gasteiger partial charge in [-0.15, -0.1) is 0 Å². The van der Waals surface area contributed by atoms with Crippen molar-refractivity contribution in [2.24, 2.45) is 0 Å². The molecular formula is C33H24BN2O2+. The Hall–Kier alpha value is -4.77. The van der Waals surface area contributed by atoms with E-state index in [9.17, 15) is 0 Å². The predicted molar refractivity (Wildman–Crippen MR) is 152 cm³/mol. The van der Waals surface area contributed by atoms with Gasteiger partial charge in [0.2, 0.25) is 5.52 Å². The van der Waals surface area contributed by atoms with Crippen molar-refractivity contribution in [2.75, 3.05) is 0 Å². The maximum atomic E-state index is 6.84. The lowest BCUT2D eigenvalue weighted by molar-refractivity contribution is -0.576. The van der Waals surface area contributed by atoms with Gasteiger partial charge in [-0.1, -0.05) is 72.8 Å². The molecule has 2 aliphatic rings. The molecule has 0 fully saturated rings. The van der Waals surface area contributed by atoms with E-state index in [1.807, 2.05) is 12.1 Å². The van der Waals surface area contributed by atoms with Gasteiger partial charge in [-0.3, -0.25) is 0 Å². The van der Waals surface area contributed by atoms with E-state index in [1.54, 1.807) is 0 Å². The molecule has 0 amide bonds. The highest BCUT2D eigenvalue weighted by atomic mass is 16.5. The Kier molecular flexibility index (Phi) is 4.42. The van der Waals surface area contributed by atoms with Gasteiger partial charge in [-0.05, 0) is 53.7 Å². The molecule has 1 aromatic heterocycles. The molecule has 38 heavy (non-hydrogen) atoms. The fraction of sp³-hybridized carbons (Fsp3) is 0.0606. The first-order valence-corrected chi connectivity index (χ1v) is 13.0. The van der Waals surface area contributed by atoms with Gasteiger partial charge in [0.25, 0.3) is 12.5 Å². The van der Waals surface area contributed by atoms with E-state index in [-0.39, 0.29) is 6.71 Å². The van der Waals surface area contributed by atoms with Crippen LogP contribution in [0.2, 0.25) is 0 Å². The monoisotopic (exact) mass is 491 g/mol. The van der Waals surface area contributed by atoms with Gasteiger partial charge in [0.05, 0.1) is 0 Å². The molecule has 5 aromatic carbocycles. The molecule has 0 spiro atoms.